The number of carboxylic acid groups (broad SMARTS) is 1. The van der Waals surface area contributed by atoms with Crippen LogP contribution in [0.25, 0.3) is 0 Å². The van der Waals surface area contributed by atoms with Crippen molar-refractivity contribution in [1.82, 2.24) is 0 Å². The van der Waals surface area contributed by atoms with E-state index in [1.165, 1.54) is 70.6 Å². The largest absolute Gasteiger partial charge is 0.481 e. The fourth-order valence-corrected chi connectivity index (χ4v) is 2.57. The molecule has 0 spiro atoms. The van der Waals surface area contributed by atoms with Gasteiger partial charge in [-0.3, -0.25) is 4.79 Å². The molecule has 0 aliphatic rings. The zero-order valence-electron chi connectivity index (χ0n) is 17.5. The van der Waals surface area contributed by atoms with Crippen LogP contribution < -0.4 is 5.73 Å². The fraction of sp³-hybridized carbons (Fsp3) is 0.864. The number of methoxy groups -OCH3 is 1. The van der Waals surface area contributed by atoms with Gasteiger partial charge in [-0.2, -0.15) is 0 Å². The predicted molar refractivity (Wildman–Crippen MR) is 113 cm³/mol. The first-order valence-corrected chi connectivity index (χ1v) is 10.7. The summed E-state index contributed by atoms with van der Waals surface area (Å²) in [6.07, 6.45) is 22.2. The molecule has 0 atom stereocenters. The number of aliphatic carboxylic acids is 1. The molecule has 0 saturated carbocycles. The van der Waals surface area contributed by atoms with Crippen molar-refractivity contribution < 1.29 is 14.6 Å². The van der Waals surface area contributed by atoms with Crippen LogP contribution in [-0.4, -0.2) is 31.3 Å². The third kappa shape index (κ3) is 31.0. The van der Waals surface area contributed by atoms with Gasteiger partial charge in [-0.25, -0.2) is 0 Å². The van der Waals surface area contributed by atoms with Crippen LogP contribution in [0.2, 0.25) is 0 Å². The van der Waals surface area contributed by atoms with Gasteiger partial charge in [-0.05, 0) is 45.1 Å². The number of hydrogen-bond acceptors (Lipinski definition) is 3. The Morgan fingerprint density at radius 3 is 1.77 bits per heavy atom. The lowest BCUT2D eigenvalue weighted by atomic mass is 10.1. The molecule has 0 bridgehead atoms. The second-order valence-electron chi connectivity index (χ2n) is 6.86. The summed E-state index contributed by atoms with van der Waals surface area (Å²) >= 11 is 0. The summed E-state index contributed by atoms with van der Waals surface area (Å²) in [4.78, 5) is 10.3. The number of allylic oxidation sites excluding steroid dienone is 2. The number of carbonyl (C=O) groups is 1. The highest BCUT2D eigenvalue weighted by Gasteiger charge is 1.95. The minimum atomic E-state index is -0.664. The first kappa shape index (κ1) is 27.3. The van der Waals surface area contributed by atoms with Crippen molar-refractivity contribution in [2.75, 3.05) is 20.3 Å². The maximum absolute atomic E-state index is 10.3. The monoisotopic (exact) mass is 371 g/mol. The van der Waals surface area contributed by atoms with Crippen LogP contribution >= 0.6 is 0 Å². The van der Waals surface area contributed by atoms with E-state index < -0.39 is 5.97 Å². The van der Waals surface area contributed by atoms with E-state index in [1.54, 1.807) is 7.11 Å². The summed E-state index contributed by atoms with van der Waals surface area (Å²) in [5.41, 5.74) is 5.13. The fourth-order valence-electron chi connectivity index (χ4n) is 2.57. The molecule has 0 heterocycles. The molecule has 0 amide bonds. The lowest BCUT2D eigenvalue weighted by molar-refractivity contribution is -0.137. The van der Waals surface area contributed by atoms with Crippen molar-refractivity contribution >= 4 is 5.97 Å². The standard InChI is InChI=1S/C18H34O2.C4H11NO/c1-2-3-4-5-6-7-8-9-10-11-12-13-14-15-16-17-18(19)20;1-6-4-2-3-5/h9-10H,2-8,11-17H2,1H3,(H,19,20);2-5H2,1H3/b10-9-;. The summed E-state index contributed by atoms with van der Waals surface area (Å²) in [5.74, 6) is -0.664. The van der Waals surface area contributed by atoms with Crippen LogP contribution in [0, 0.1) is 0 Å². The first-order chi connectivity index (χ1) is 12.7. The van der Waals surface area contributed by atoms with Gasteiger partial charge in [0, 0.05) is 20.1 Å². The van der Waals surface area contributed by atoms with Crippen molar-refractivity contribution in [3.05, 3.63) is 12.2 Å². The number of nitrogens with two attached hydrogens (primary N) is 1. The Morgan fingerprint density at radius 2 is 1.35 bits per heavy atom. The number of unbranched alkanes of at least 4 members (excludes halogenated alkanes) is 11. The predicted octanol–water partition coefficient (Wildman–Crippen LogP) is 6.09. The number of hydrogen-bond donors (Lipinski definition) is 2. The highest BCUT2D eigenvalue weighted by molar-refractivity contribution is 5.66. The number of ether oxygens (including phenoxy) is 1. The van der Waals surface area contributed by atoms with Crippen molar-refractivity contribution in [2.45, 2.75) is 103 Å². The molecule has 0 rings (SSSR count). The molecule has 0 unspecified atom stereocenters. The maximum Gasteiger partial charge on any atom is 0.303 e. The van der Waals surface area contributed by atoms with E-state index in [4.69, 9.17) is 15.6 Å². The molecule has 4 heteroatoms. The Balaban J connectivity index is 0. The Morgan fingerprint density at radius 1 is 0.846 bits per heavy atom. The van der Waals surface area contributed by atoms with Crippen molar-refractivity contribution in [1.29, 1.82) is 0 Å². The molecule has 26 heavy (non-hydrogen) atoms. The third-order valence-electron chi connectivity index (χ3n) is 4.21. The molecule has 0 aromatic carbocycles. The quantitative estimate of drug-likeness (QED) is 0.226. The van der Waals surface area contributed by atoms with Gasteiger partial charge in [0.15, 0.2) is 0 Å². The lowest BCUT2D eigenvalue weighted by Crippen LogP contribution is -2.01. The minimum Gasteiger partial charge on any atom is -0.481 e. The number of carboxylic acids is 1. The van der Waals surface area contributed by atoms with Crippen LogP contribution in [0.15, 0.2) is 12.2 Å². The van der Waals surface area contributed by atoms with Crippen molar-refractivity contribution in [3.8, 4) is 0 Å². The Labute approximate surface area is 162 Å². The number of rotatable bonds is 18. The SMILES string of the molecule is CCCCCCCC/C=C\CCCCCCCC(=O)O.COCCCN. The molecular weight excluding hydrogens is 326 g/mol. The Bertz CT molecular complexity index is 289. The highest BCUT2D eigenvalue weighted by atomic mass is 16.5. The average Bonchev–Trinajstić information content (AvgIpc) is 2.63. The van der Waals surface area contributed by atoms with Crippen LogP contribution in [0.5, 0.6) is 0 Å². The van der Waals surface area contributed by atoms with E-state index in [-0.39, 0.29) is 0 Å². The maximum atomic E-state index is 10.3. The molecule has 0 fully saturated rings. The van der Waals surface area contributed by atoms with Crippen LogP contribution in [0.3, 0.4) is 0 Å². The molecule has 0 radical (unpaired) electrons. The summed E-state index contributed by atoms with van der Waals surface area (Å²) in [7, 11) is 1.68. The van der Waals surface area contributed by atoms with E-state index in [1.807, 2.05) is 0 Å². The molecule has 4 nitrogen and oxygen atoms in total. The van der Waals surface area contributed by atoms with Gasteiger partial charge in [0.05, 0.1) is 0 Å². The Hall–Kier alpha value is -0.870. The second kappa shape index (κ2) is 26.4. The molecule has 0 aliphatic heterocycles. The normalized spacial score (nSPS) is 10.7. The van der Waals surface area contributed by atoms with E-state index in [9.17, 15) is 4.79 Å². The van der Waals surface area contributed by atoms with Gasteiger partial charge in [0.1, 0.15) is 0 Å². The summed E-state index contributed by atoms with van der Waals surface area (Å²) < 4.78 is 4.70. The van der Waals surface area contributed by atoms with E-state index in [2.05, 4.69) is 19.1 Å². The highest BCUT2D eigenvalue weighted by Crippen LogP contribution is 2.09. The molecular formula is C22H45NO3. The second-order valence-corrected chi connectivity index (χ2v) is 6.86. The lowest BCUT2D eigenvalue weighted by Gasteiger charge is -1.99. The molecule has 0 aromatic rings. The molecule has 0 aromatic heterocycles. The van der Waals surface area contributed by atoms with Crippen molar-refractivity contribution in [2.24, 2.45) is 5.73 Å². The summed E-state index contributed by atoms with van der Waals surface area (Å²) in [6.45, 7) is 3.78. The van der Waals surface area contributed by atoms with Gasteiger partial charge in [-0.15, -0.1) is 0 Å². The molecule has 0 aliphatic carbocycles. The van der Waals surface area contributed by atoms with E-state index >= 15 is 0 Å². The van der Waals surface area contributed by atoms with Crippen molar-refractivity contribution in [3.63, 3.8) is 0 Å². The molecule has 156 valence electrons. The van der Waals surface area contributed by atoms with Crippen LogP contribution in [0.4, 0.5) is 0 Å². The smallest absolute Gasteiger partial charge is 0.303 e. The average molecular weight is 372 g/mol. The van der Waals surface area contributed by atoms with E-state index in [0.717, 1.165) is 32.4 Å². The van der Waals surface area contributed by atoms with Crippen LogP contribution in [-0.2, 0) is 9.53 Å². The molecule has 0 saturated heterocycles. The van der Waals surface area contributed by atoms with E-state index in [0.29, 0.717) is 6.42 Å². The zero-order valence-corrected chi connectivity index (χ0v) is 17.5. The summed E-state index contributed by atoms with van der Waals surface area (Å²) in [5, 5.41) is 8.51. The summed E-state index contributed by atoms with van der Waals surface area (Å²) in [6, 6.07) is 0. The Kier molecular flexibility index (Phi) is 27.7. The minimum absolute atomic E-state index is 0.332. The first-order valence-electron chi connectivity index (χ1n) is 10.7. The van der Waals surface area contributed by atoms with Gasteiger partial charge in [-0.1, -0.05) is 70.4 Å². The van der Waals surface area contributed by atoms with Crippen LogP contribution in [0.1, 0.15) is 103 Å². The van der Waals surface area contributed by atoms with Gasteiger partial charge in [0.2, 0.25) is 0 Å². The van der Waals surface area contributed by atoms with Gasteiger partial charge in [0.25, 0.3) is 0 Å². The molecule has 3 N–H and O–H groups in total. The van der Waals surface area contributed by atoms with Gasteiger partial charge >= 0.3 is 5.97 Å². The topological polar surface area (TPSA) is 72.5 Å². The third-order valence-corrected chi connectivity index (χ3v) is 4.21. The van der Waals surface area contributed by atoms with Gasteiger partial charge < -0.3 is 15.6 Å². The zero-order chi connectivity index (χ0) is 19.7.